The summed E-state index contributed by atoms with van der Waals surface area (Å²) < 4.78 is 0. The van der Waals surface area contributed by atoms with E-state index in [9.17, 15) is 0 Å². The van der Waals surface area contributed by atoms with Gasteiger partial charge in [0.2, 0.25) is 0 Å². The van der Waals surface area contributed by atoms with Gasteiger partial charge in [-0.25, -0.2) is 0 Å². The zero-order valence-corrected chi connectivity index (χ0v) is 8.54. The number of nitrogens with one attached hydrogen (secondary N) is 1. The maximum atomic E-state index is 8.95. The second kappa shape index (κ2) is 3.34. The summed E-state index contributed by atoms with van der Waals surface area (Å²) in [4.78, 5) is 0. The lowest BCUT2D eigenvalue weighted by Gasteiger charge is -2.07. The van der Waals surface area contributed by atoms with Crippen LogP contribution in [-0.4, -0.2) is 6.04 Å². The molecule has 1 aliphatic carbocycles. The third kappa shape index (κ3) is 1.72. The predicted octanol–water partition coefficient (Wildman–Crippen LogP) is 2.69. The molecule has 2 unspecified atom stereocenters. The molecule has 1 aliphatic rings. The molecule has 0 saturated heterocycles. The summed E-state index contributed by atoms with van der Waals surface area (Å²) in [6.07, 6.45) is 1.22. The lowest BCUT2D eigenvalue weighted by Crippen LogP contribution is -2.05. The second-order valence-electron chi connectivity index (χ2n) is 4.12. The van der Waals surface area contributed by atoms with Crippen molar-refractivity contribution >= 4 is 5.69 Å². The molecule has 1 N–H and O–H groups in total. The largest absolute Gasteiger partial charge is 0.381 e. The van der Waals surface area contributed by atoms with Crippen LogP contribution in [0.4, 0.5) is 5.69 Å². The second-order valence-corrected chi connectivity index (χ2v) is 4.12. The van der Waals surface area contributed by atoms with Crippen LogP contribution < -0.4 is 5.32 Å². The fourth-order valence-electron chi connectivity index (χ4n) is 1.60. The minimum absolute atomic E-state index is 0.574. The predicted molar refractivity (Wildman–Crippen MR) is 57.1 cm³/mol. The quantitative estimate of drug-likeness (QED) is 0.770. The summed E-state index contributed by atoms with van der Waals surface area (Å²) in [6.45, 7) is 4.22. The maximum Gasteiger partial charge on any atom is 0.101 e. The fourth-order valence-corrected chi connectivity index (χ4v) is 1.60. The third-order valence-electron chi connectivity index (χ3n) is 2.75. The normalized spacial score (nSPS) is 24.1. The monoisotopic (exact) mass is 186 g/mol. The van der Waals surface area contributed by atoms with E-state index in [1.54, 1.807) is 0 Å². The first-order valence-electron chi connectivity index (χ1n) is 4.98. The molecular weight excluding hydrogens is 172 g/mol. The molecule has 0 aromatic heterocycles. The van der Waals surface area contributed by atoms with Crippen molar-refractivity contribution in [3.05, 3.63) is 29.3 Å². The summed E-state index contributed by atoms with van der Waals surface area (Å²) in [6, 6.07) is 8.76. The van der Waals surface area contributed by atoms with Crippen LogP contribution >= 0.6 is 0 Å². The van der Waals surface area contributed by atoms with Gasteiger partial charge in [-0.2, -0.15) is 5.26 Å². The molecule has 2 heteroatoms. The van der Waals surface area contributed by atoms with Crippen LogP contribution in [0.2, 0.25) is 0 Å². The molecule has 72 valence electrons. The molecule has 1 aromatic rings. The Kier molecular flexibility index (Phi) is 2.17. The topological polar surface area (TPSA) is 35.8 Å². The summed E-state index contributed by atoms with van der Waals surface area (Å²) >= 11 is 0. The maximum absolute atomic E-state index is 8.95. The molecule has 0 radical (unpaired) electrons. The molecule has 0 aliphatic heterocycles. The van der Waals surface area contributed by atoms with Crippen LogP contribution in [-0.2, 0) is 0 Å². The van der Waals surface area contributed by atoms with Crippen molar-refractivity contribution in [3.8, 4) is 6.07 Å². The van der Waals surface area contributed by atoms with Crippen LogP contribution in [0.5, 0.6) is 0 Å². The van der Waals surface area contributed by atoms with Crippen LogP contribution in [0, 0.1) is 24.2 Å². The molecule has 14 heavy (non-hydrogen) atoms. The van der Waals surface area contributed by atoms with E-state index >= 15 is 0 Å². The number of aryl methyl sites for hydroxylation is 1. The van der Waals surface area contributed by atoms with Gasteiger partial charge in [-0.1, -0.05) is 13.0 Å². The third-order valence-corrected chi connectivity index (χ3v) is 2.75. The zero-order chi connectivity index (χ0) is 10.1. The van der Waals surface area contributed by atoms with Gasteiger partial charge in [0, 0.05) is 6.04 Å². The molecule has 1 aromatic carbocycles. The molecule has 2 rings (SSSR count). The van der Waals surface area contributed by atoms with Crippen molar-refractivity contribution in [2.24, 2.45) is 5.92 Å². The number of benzene rings is 1. The number of anilines is 1. The first-order chi connectivity index (χ1) is 6.70. The van der Waals surface area contributed by atoms with Gasteiger partial charge in [0.25, 0.3) is 0 Å². The molecule has 1 fully saturated rings. The molecule has 0 spiro atoms. The van der Waals surface area contributed by atoms with Crippen molar-refractivity contribution in [2.45, 2.75) is 26.3 Å². The Bertz CT molecular complexity index is 390. The first kappa shape index (κ1) is 9.08. The van der Waals surface area contributed by atoms with Gasteiger partial charge in [-0.15, -0.1) is 0 Å². The highest BCUT2D eigenvalue weighted by atomic mass is 15.0. The Morgan fingerprint density at radius 3 is 2.79 bits per heavy atom. The van der Waals surface area contributed by atoms with E-state index in [0.29, 0.717) is 6.04 Å². The van der Waals surface area contributed by atoms with Crippen LogP contribution in [0.15, 0.2) is 18.2 Å². The van der Waals surface area contributed by atoms with E-state index in [0.717, 1.165) is 22.7 Å². The minimum Gasteiger partial charge on any atom is -0.381 e. The van der Waals surface area contributed by atoms with Gasteiger partial charge >= 0.3 is 0 Å². The van der Waals surface area contributed by atoms with Crippen molar-refractivity contribution in [1.29, 1.82) is 5.26 Å². The van der Waals surface area contributed by atoms with Gasteiger partial charge in [0.15, 0.2) is 0 Å². The average Bonchev–Trinajstić information content (AvgIpc) is 2.85. The SMILES string of the molecule is Cc1ccc(NC2CC2C)c(C#N)c1. The zero-order valence-electron chi connectivity index (χ0n) is 8.54. The summed E-state index contributed by atoms with van der Waals surface area (Å²) in [5.41, 5.74) is 2.87. The number of hydrogen-bond donors (Lipinski definition) is 1. The molecule has 0 heterocycles. The van der Waals surface area contributed by atoms with E-state index in [1.165, 1.54) is 6.42 Å². The number of nitrogens with zero attached hydrogens (tertiary/aromatic N) is 1. The Morgan fingerprint density at radius 1 is 1.50 bits per heavy atom. The van der Waals surface area contributed by atoms with Gasteiger partial charge < -0.3 is 5.32 Å². The Hall–Kier alpha value is -1.49. The number of rotatable bonds is 2. The highest BCUT2D eigenvalue weighted by Gasteiger charge is 2.32. The van der Waals surface area contributed by atoms with Crippen molar-refractivity contribution < 1.29 is 0 Å². The average molecular weight is 186 g/mol. The fraction of sp³-hybridized carbons (Fsp3) is 0.417. The Balaban J connectivity index is 2.20. The van der Waals surface area contributed by atoms with Crippen LogP contribution in [0.1, 0.15) is 24.5 Å². The Labute approximate surface area is 84.6 Å². The molecule has 1 saturated carbocycles. The highest BCUT2D eigenvalue weighted by Crippen LogP contribution is 2.33. The smallest absolute Gasteiger partial charge is 0.101 e. The summed E-state index contributed by atoms with van der Waals surface area (Å²) in [7, 11) is 0. The standard InChI is InChI=1S/C12H14N2/c1-8-3-4-11(10(5-8)7-13)14-12-6-9(12)2/h3-5,9,12,14H,6H2,1-2H3. The van der Waals surface area contributed by atoms with E-state index in [2.05, 4.69) is 18.3 Å². The lowest BCUT2D eigenvalue weighted by molar-refractivity contribution is 0.929. The minimum atomic E-state index is 0.574. The molecule has 2 atom stereocenters. The molecular formula is C12H14N2. The van der Waals surface area contributed by atoms with E-state index < -0.39 is 0 Å². The molecule has 0 bridgehead atoms. The van der Waals surface area contributed by atoms with E-state index in [4.69, 9.17) is 5.26 Å². The first-order valence-corrected chi connectivity index (χ1v) is 4.98. The van der Waals surface area contributed by atoms with E-state index in [-0.39, 0.29) is 0 Å². The molecule has 0 amide bonds. The van der Waals surface area contributed by atoms with Gasteiger partial charge in [-0.3, -0.25) is 0 Å². The summed E-state index contributed by atoms with van der Waals surface area (Å²) in [5.74, 6) is 0.753. The van der Waals surface area contributed by atoms with Gasteiger partial charge in [0.05, 0.1) is 11.3 Å². The van der Waals surface area contributed by atoms with Crippen molar-refractivity contribution in [2.75, 3.05) is 5.32 Å². The van der Waals surface area contributed by atoms with Crippen LogP contribution in [0.3, 0.4) is 0 Å². The Morgan fingerprint density at radius 2 is 2.21 bits per heavy atom. The summed E-state index contributed by atoms with van der Waals surface area (Å²) in [5, 5.41) is 12.3. The van der Waals surface area contributed by atoms with Crippen molar-refractivity contribution in [1.82, 2.24) is 0 Å². The highest BCUT2D eigenvalue weighted by molar-refractivity contribution is 5.59. The van der Waals surface area contributed by atoms with Crippen molar-refractivity contribution in [3.63, 3.8) is 0 Å². The van der Waals surface area contributed by atoms with Gasteiger partial charge in [0.1, 0.15) is 6.07 Å². The van der Waals surface area contributed by atoms with Crippen LogP contribution in [0.25, 0.3) is 0 Å². The van der Waals surface area contributed by atoms with E-state index in [1.807, 2.05) is 25.1 Å². The number of hydrogen-bond acceptors (Lipinski definition) is 2. The van der Waals surface area contributed by atoms with Gasteiger partial charge in [-0.05, 0) is 37.0 Å². The molecule has 2 nitrogen and oxygen atoms in total. The number of nitriles is 1. The lowest BCUT2D eigenvalue weighted by atomic mass is 10.1.